The number of nitrogens with zero attached hydrogens (tertiary/aromatic N) is 1. The minimum absolute atomic E-state index is 0.366. The molecule has 3 aromatic carbocycles. The van der Waals surface area contributed by atoms with Crippen LogP contribution in [0.2, 0.25) is 0 Å². The lowest BCUT2D eigenvalue weighted by molar-refractivity contribution is 0.0956. The van der Waals surface area contributed by atoms with Crippen molar-refractivity contribution in [2.45, 2.75) is 13.3 Å². The van der Waals surface area contributed by atoms with Crippen molar-refractivity contribution in [3.63, 3.8) is 0 Å². The summed E-state index contributed by atoms with van der Waals surface area (Å²) in [5, 5.41) is 4.02. The maximum Gasteiger partial charge on any atom is 0.273 e. The van der Waals surface area contributed by atoms with E-state index in [2.05, 4.69) is 22.7 Å². The van der Waals surface area contributed by atoms with E-state index in [0.717, 1.165) is 12.0 Å². The molecular weight excluding hydrogens is 378 g/mol. The van der Waals surface area contributed by atoms with Crippen molar-refractivity contribution in [1.82, 2.24) is 5.43 Å². The Balaban J connectivity index is 1.61. The molecule has 0 atom stereocenters. The summed E-state index contributed by atoms with van der Waals surface area (Å²) < 4.78 is 11.6. The molecular formula is C24H25N3O3. The molecule has 30 heavy (non-hydrogen) atoms. The Morgan fingerprint density at radius 2 is 1.77 bits per heavy atom. The molecule has 0 saturated carbocycles. The molecule has 0 aliphatic carbocycles. The van der Waals surface area contributed by atoms with Gasteiger partial charge in [0, 0.05) is 12.1 Å². The molecule has 3 N–H and O–H groups in total. The zero-order valence-electron chi connectivity index (χ0n) is 16.9. The van der Waals surface area contributed by atoms with Gasteiger partial charge in [-0.25, -0.2) is 5.43 Å². The lowest BCUT2D eigenvalue weighted by Crippen LogP contribution is -2.19. The molecule has 0 saturated heterocycles. The topological polar surface area (TPSA) is 85.9 Å². The lowest BCUT2D eigenvalue weighted by atomic mass is 10.2. The van der Waals surface area contributed by atoms with Gasteiger partial charge in [-0.05, 0) is 48.4 Å². The highest BCUT2D eigenvalue weighted by molar-refractivity contribution is 5.99. The predicted molar refractivity (Wildman–Crippen MR) is 119 cm³/mol. The zero-order chi connectivity index (χ0) is 21.2. The first-order valence-electron chi connectivity index (χ1n) is 9.79. The van der Waals surface area contributed by atoms with Crippen LogP contribution in [0.5, 0.6) is 11.5 Å². The number of rotatable bonds is 9. The number of nitrogen functional groups attached to an aromatic ring is 1. The van der Waals surface area contributed by atoms with E-state index in [4.69, 9.17) is 15.2 Å². The Labute approximate surface area is 176 Å². The quantitative estimate of drug-likeness (QED) is 0.321. The van der Waals surface area contributed by atoms with Gasteiger partial charge in [-0.3, -0.25) is 4.79 Å². The Morgan fingerprint density at radius 3 is 2.53 bits per heavy atom. The molecule has 3 aromatic rings. The zero-order valence-corrected chi connectivity index (χ0v) is 16.9. The number of hydrazone groups is 1. The largest absolute Gasteiger partial charge is 0.490 e. The van der Waals surface area contributed by atoms with Crippen LogP contribution in [0.1, 0.15) is 28.4 Å². The van der Waals surface area contributed by atoms with E-state index < -0.39 is 0 Å². The summed E-state index contributed by atoms with van der Waals surface area (Å²) in [7, 11) is 0. The first kappa shape index (κ1) is 20.9. The summed E-state index contributed by atoms with van der Waals surface area (Å²) in [6.45, 7) is 2.98. The fraction of sp³-hybridized carbons (Fsp3) is 0.167. The maximum atomic E-state index is 12.2. The van der Waals surface area contributed by atoms with E-state index in [-0.39, 0.29) is 5.91 Å². The average molecular weight is 403 g/mol. The maximum absolute atomic E-state index is 12.2. The number of para-hydroxylation sites is 1. The Kier molecular flexibility index (Phi) is 7.44. The van der Waals surface area contributed by atoms with E-state index >= 15 is 0 Å². The van der Waals surface area contributed by atoms with Crippen LogP contribution >= 0.6 is 0 Å². The van der Waals surface area contributed by atoms with Gasteiger partial charge in [0.2, 0.25) is 0 Å². The van der Waals surface area contributed by atoms with Crippen molar-refractivity contribution in [2.24, 2.45) is 5.10 Å². The number of nitrogens with two attached hydrogens (primary N) is 1. The average Bonchev–Trinajstić information content (AvgIpc) is 2.76. The van der Waals surface area contributed by atoms with Crippen molar-refractivity contribution < 1.29 is 14.3 Å². The molecule has 0 spiro atoms. The van der Waals surface area contributed by atoms with Crippen LogP contribution in [0.3, 0.4) is 0 Å². The third-order valence-corrected chi connectivity index (χ3v) is 4.34. The van der Waals surface area contributed by atoms with Crippen molar-refractivity contribution in [3.05, 3.63) is 89.5 Å². The van der Waals surface area contributed by atoms with Crippen LogP contribution in [0.15, 0.2) is 77.9 Å². The highest BCUT2D eigenvalue weighted by atomic mass is 16.5. The first-order valence-corrected chi connectivity index (χ1v) is 9.79. The summed E-state index contributed by atoms with van der Waals surface area (Å²) in [5.74, 6) is 0.939. The third kappa shape index (κ3) is 5.85. The fourth-order valence-corrected chi connectivity index (χ4v) is 2.85. The smallest absolute Gasteiger partial charge is 0.273 e. The normalized spacial score (nSPS) is 10.7. The van der Waals surface area contributed by atoms with Gasteiger partial charge in [-0.2, -0.15) is 5.10 Å². The van der Waals surface area contributed by atoms with Gasteiger partial charge < -0.3 is 15.2 Å². The van der Waals surface area contributed by atoms with Gasteiger partial charge in [0.1, 0.15) is 0 Å². The van der Waals surface area contributed by atoms with Crippen molar-refractivity contribution in [1.29, 1.82) is 0 Å². The molecule has 154 valence electrons. The van der Waals surface area contributed by atoms with E-state index in [1.54, 1.807) is 30.5 Å². The van der Waals surface area contributed by atoms with Crippen LogP contribution in [0, 0.1) is 0 Å². The highest BCUT2D eigenvalue weighted by Gasteiger charge is 2.08. The van der Waals surface area contributed by atoms with Crippen molar-refractivity contribution in [3.8, 4) is 11.5 Å². The third-order valence-electron chi connectivity index (χ3n) is 4.34. The number of anilines is 1. The van der Waals surface area contributed by atoms with Gasteiger partial charge >= 0.3 is 0 Å². The monoisotopic (exact) mass is 403 g/mol. The second-order valence-electron chi connectivity index (χ2n) is 6.51. The van der Waals surface area contributed by atoms with Gasteiger partial charge in [0.05, 0.1) is 25.0 Å². The number of carbonyl (C=O) groups excluding carboxylic acids is 1. The summed E-state index contributed by atoms with van der Waals surface area (Å²) in [6.07, 6.45) is 2.36. The Bertz CT molecular complexity index is 1000. The molecule has 0 unspecified atom stereocenters. The second-order valence-corrected chi connectivity index (χ2v) is 6.51. The standard InChI is InChI=1S/C24H25N3O3/c1-2-29-23-16-19(17-26-27-24(28)20-10-6-7-11-21(20)25)12-13-22(23)30-15-14-18-8-4-3-5-9-18/h3-13,16-17H,2,14-15,25H2,1H3,(H,27,28)/b26-17+. The van der Waals surface area contributed by atoms with Crippen LogP contribution in [-0.2, 0) is 6.42 Å². The van der Waals surface area contributed by atoms with Crippen molar-refractivity contribution in [2.75, 3.05) is 18.9 Å². The van der Waals surface area contributed by atoms with Gasteiger partial charge in [-0.1, -0.05) is 42.5 Å². The van der Waals surface area contributed by atoms with Crippen molar-refractivity contribution >= 4 is 17.8 Å². The fourth-order valence-electron chi connectivity index (χ4n) is 2.85. The number of hydrogen-bond donors (Lipinski definition) is 2. The SMILES string of the molecule is CCOc1cc(/C=N/NC(=O)c2ccccc2N)ccc1OCCc1ccccc1. The highest BCUT2D eigenvalue weighted by Crippen LogP contribution is 2.28. The minimum Gasteiger partial charge on any atom is -0.490 e. The van der Waals surface area contributed by atoms with Gasteiger partial charge in [0.15, 0.2) is 11.5 Å². The number of benzene rings is 3. The summed E-state index contributed by atoms with van der Waals surface area (Å²) in [4.78, 5) is 12.2. The summed E-state index contributed by atoms with van der Waals surface area (Å²) in [6, 6.07) is 22.5. The number of hydrogen-bond acceptors (Lipinski definition) is 5. The van der Waals surface area contributed by atoms with E-state index in [1.807, 2.05) is 43.3 Å². The number of nitrogens with one attached hydrogen (secondary N) is 1. The van der Waals surface area contributed by atoms with E-state index in [0.29, 0.717) is 36.0 Å². The Hall–Kier alpha value is -3.80. The van der Waals surface area contributed by atoms with Crippen LogP contribution in [0.4, 0.5) is 5.69 Å². The van der Waals surface area contributed by atoms with Crippen LogP contribution < -0.4 is 20.6 Å². The first-order chi connectivity index (χ1) is 14.7. The molecule has 0 fully saturated rings. The molecule has 0 aromatic heterocycles. The lowest BCUT2D eigenvalue weighted by Gasteiger charge is -2.12. The number of ether oxygens (including phenoxy) is 2. The molecule has 0 radical (unpaired) electrons. The predicted octanol–water partition coefficient (Wildman–Crippen LogP) is 4.05. The second kappa shape index (κ2) is 10.7. The van der Waals surface area contributed by atoms with Gasteiger partial charge in [-0.15, -0.1) is 0 Å². The van der Waals surface area contributed by atoms with E-state index in [9.17, 15) is 4.79 Å². The van der Waals surface area contributed by atoms with E-state index in [1.165, 1.54) is 5.56 Å². The molecule has 0 heterocycles. The van der Waals surface area contributed by atoms with Crippen LogP contribution in [-0.4, -0.2) is 25.3 Å². The molecule has 6 heteroatoms. The molecule has 0 aliphatic heterocycles. The summed E-state index contributed by atoms with van der Waals surface area (Å²) in [5.41, 5.74) is 11.1. The molecule has 1 amide bonds. The molecule has 0 aliphatic rings. The van der Waals surface area contributed by atoms with Gasteiger partial charge in [0.25, 0.3) is 5.91 Å². The number of carbonyl (C=O) groups is 1. The van der Waals surface area contributed by atoms with Crippen LogP contribution in [0.25, 0.3) is 0 Å². The Morgan fingerprint density at radius 1 is 1.00 bits per heavy atom. The number of amides is 1. The molecule has 6 nitrogen and oxygen atoms in total. The summed E-state index contributed by atoms with van der Waals surface area (Å²) >= 11 is 0. The molecule has 0 bridgehead atoms. The minimum atomic E-state index is -0.366. The molecule has 3 rings (SSSR count).